The number of nitrogens with one attached hydrogen (secondary N) is 1. The monoisotopic (exact) mass is 359 g/mol. The smallest absolute Gasteiger partial charge is 0.330 e. The lowest BCUT2D eigenvalue weighted by Crippen LogP contribution is -2.33. The Morgan fingerprint density at radius 1 is 1.38 bits per heavy atom. The van der Waals surface area contributed by atoms with Gasteiger partial charge >= 0.3 is 5.97 Å². The number of carbonyl (C=O) groups excluding carboxylic acids is 1. The zero-order chi connectivity index (χ0) is 15.8. The van der Waals surface area contributed by atoms with Crippen molar-refractivity contribution in [2.24, 2.45) is 0 Å². The van der Waals surface area contributed by atoms with E-state index in [9.17, 15) is 14.7 Å². The van der Waals surface area contributed by atoms with Crippen molar-refractivity contribution >= 4 is 27.8 Å². The van der Waals surface area contributed by atoms with E-state index in [2.05, 4.69) is 21.2 Å². The van der Waals surface area contributed by atoms with Crippen LogP contribution in [0.1, 0.15) is 24.4 Å². The lowest BCUT2D eigenvalue weighted by molar-refractivity contribution is -0.142. The number of carboxylic acids is 1. The Morgan fingerprint density at radius 2 is 2.10 bits per heavy atom. The molecule has 2 N–H and O–H groups in total. The van der Waals surface area contributed by atoms with Gasteiger partial charge in [0.2, 0.25) is 5.91 Å². The second kappa shape index (κ2) is 8.63. The molecule has 116 valence electrons. The predicted molar refractivity (Wildman–Crippen MR) is 80.3 cm³/mol. The molecule has 1 rings (SSSR count). The average Bonchev–Trinajstić information content (AvgIpc) is 2.44. The summed E-state index contributed by atoms with van der Waals surface area (Å²) in [6.07, 6.45) is 0.760. The molecule has 1 aromatic carbocycles. The fourth-order valence-corrected chi connectivity index (χ4v) is 2.32. The largest absolute Gasteiger partial charge is 0.496 e. The topological polar surface area (TPSA) is 84.9 Å². The normalized spacial score (nSPS) is 11.8. The van der Waals surface area contributed by atoms with Gasteiger partial charge in [-0.1, -0.05) is 6.07 Å². The Kier molecular flexibility index (Phi) is 7.18. The molecule has 0 heterocycles. The number of amides is 1. The summed E-state index contributed by atoms with van der Waals surface area (Å²) in [7, 11) is 3.07. The fraction of sp³-hybridized carbons (Fsp3) is 0.429. The van der Waals surface area contributed by atoms with E-state index in [0.29, 0.717) is 28.8 Å². The zero-order valence-electron chi connectivity index (χ0n) is 11.9. The number of carboxylic acid groups (broad SMARTS) is 1. The van der Waals surface area contributed by atoms with E-state index in [0.717, 1.165) is 0 Å². The van der Waals surface area contributed by atoms with E-state index in [4.69, 9.17) is 9.47 Å². The van der Waals surface area contributed by atoms with Crippen LogP contribution in [0.25, 0.3) is 0 Å². The molecule has 0 aliphatic rings. The van der Waals surface area contributed by atoms with Gasteiger partial charge in [0.1, 0.15) is 5.75 Å². The quantitative estimate of drug-likeness (QED) is 0.694. The van der Waals surface area contributed by atoms with Crippen molar-refractivity contribution in [2.45, 2.75) is 18.9 Å². The van der Waals surface area contributed by atoms with Crippen molar-refractivity contribution in [3.05, 3.63) is 28.2 Å². The van der Waals surface area contributed by atoms with E-state index >= 15 is 0 Å². The van der Waals surface area contributed by atoms with Gasteiger partial charge in [0.15, 0.2) is 6.04 Å². The average molecular weight is 360 g/mol. The Labute approximate surface area is 131 Å². The molecule has 1 aromatic rings. The zero-order valence-corrected chi connectivity index (χ0v) is 13.5. The molecule has 0 aromatic heterocycles. The van der Waals surface area contributed by atoms with Crippen LogP contribution < -0.4 is 10.1 Å². The molecule has 0 saturated carbocycles. The molecule has 0 bridgehead atoms. The van der Waals surface area contributed by atoms with Crippen molar-refractivity contribution in [3.8, 4) is 5.75 Å². The third kappa shape index (κ3) is 5.35. The Morgan fingerprint density at radius 3 is 2.62 bits per heavy atom. The minimum absolute atomic E-state index is 0.217. The van der Waals surface area contributed by atoms with Gasteiger partial charge in [-0.25, -0.2) is 4.79 Å². The number of hydrogen-bond acceptors (Lipinski definition) is 4. The van der Waals surface area contributed by atoms with Crippen LogP contribution in [0.15, 0.2) is 22.7 Å². The first kappa shape index (κ1) is 17.5. The maximum Gasteiger partial charge on any atom is 0.330 e. The molecule has 0 radical (unpaired) electrons. The second-order valence-corrected chi connectivity index (χ2v) is 5.18. The molecule has 0 spiro atoms. The molecule has 0 aliphatic carbocycles. The van der Waals surface area contributed by atoms with E-state index in [1.165, 1.54) is 7.11 Å². The number of benzene rings is 1. The summed E-state index contributed by atoms with van der Waals surface area (Å²) < 4.78 is 10.6. The molecule has 1 unspecified atom stereocenters. The Hall–Kier alpha value is -1.60. The summed E-state index contributed by atoms with van der Waals surface area (Å²) in [5.41, 5.74) is 0.468. The molecule has 0 fully saturated rings. The molecule has 6 nitrogen and oxygen atoms in total. The van der Waals surface area contributed by atoms with Crippen LogP contribution in [0, 0.1) is 0 Å². The predicted octanol–water partition coefficient (Wildman–Crippen LogP) is 2.13. The first-order valence-corrected chi connectivity index (χ1v) is 7.13. The summed E-state index contributed by atoms with van der Waals surface area (Å²) in [4.78, 5) is 23.1. The number of ether oxygens (including phenoxy) is 2. The molecule has 21 heavy (non-hydrogen) atoms. The number of rotatable bonds is 8. The number of methoxy groups -OCH3 is 2. The van der Waals surface area contributed by atoms with Crippen LogP contribution in [-0.4, -0.2) is 37.8 Å². The number of carbonyl (C=O) groups is 2. The van der Waals surface area contributed by atoms with E-state index in [1.807, 2.05) is 0 Å². The van der Waals surface area contributed by atoms with E-state index < -0.39 is 12.0 Å². The molecule has 1 atom stereocenters. The lowest BCUT2D eigenvalue weighted by atomic mass is 10.1. The summed E-state index contributed by atoms with van der Waals surface area (Å²) >= 11 is 3.30. The third-order valence-corrected chi connectivity index (χ3v) is 3.43. The van der Waals surface area contributed by atoms with Crippen molar-refractivity contribution < 1.29 is 24.2 Å². The summed E-state index contributed by atoms with van der Waals surface area (Å²) in [5.74, 6) is -0.854. The standard InChI is InChI=1S/C14H18BrNO5/c1-20-7-3-4-12(17)16-13(14(18)19)9-5-6-11(21-2)10(15)8-9/h5-6,8,13H,3-4,7H2,1-2H3,(H,16,17)(H,18,19). The van der Waals surface area contributed by atoms with Crippen molar-refractivity contribution in [1.29, 1.82) is 0 Å². The van der Waals surface area contributed by atoms with E-state index in [1.54, 1.807) is 25.3 Å². The highest BCUT2D eigenvalue weighted by Gasteiger charge is 2.22. The van der Waals surface area contributed by atoms with Crippen LogP contribution in [-0.2, 0) is 14.3 Å². The number of halogens is 1. The molecule has 0 saturated heterocycles. The van der Waals surface area contributed by atoms with Crippen LogP contribution >= 0.6 is 15.9 Å². The van der Waals surface area contributed by atoms with Crippen LogP contribution in [0.5, 0.6) is 5.75 Å². The molecule has 7 heteroatoms. The van der Waals surface area contributed by atoms with Crippen LogP contribution in [0.3, 0.4) is 0 Å². The van der Waals surface area contributed by atoms with Crippen LogP contribution in [0.2, 0.25) is 0 Å². The fourth-order valence-electron chi connectivity index (χ4n) is 1.76. The Bertz CT molecular complexity index is 506. The molecule has 0 aliphatic heterocycles. The Balaban J connectivity index is 2.80. The third-order valence-electron chi connectivity index (χ3n) is 2.81. The minimum atomic E-state index is -1.12. The lowest BCUT2D eigenvalue weighted by Gasteiger charge is -2.16. The number of aliphatic carboxylic acids is 1. The van der Waals surface area contributed by atoms with Gasteiger partial charge in [0.25, 0.3) is 0 Å². The first-order chi connectivity index (χ1) is 9.99. The van der Waals surface area contributed by atoms with Gasteiger partial charge in [0, 0.05) is 20.1 Å². The summed E-state index contributed by atoms with van der Waals surface area (Å²) in [6.45, 7) is 0.458. The van der Waals surface area contributed by atoms with Gasteiger partial charge < -0.3 is 19.9 Å². The highest BCUT2D eigenvalue weighted by atomic mass is 79.9. The van der Waals surface area contributed by atoms with Gasteiger partial charge in [-0.3, -0.25) is 4.79 Å². The second-order valence-electron chi connectivity index (χ2n) is 4.33. The van der Waals surface area contributed by atoms with Crippen molar-refractivity contribution in [1.82, 2.24) is 5.32 Å². The van der Waals surface area contributed by atoms with Crippen LogP contribution in [0.4, 0.5) is 0 Å². The highest BCUT2D eigenvalue weighted by Crippen LogP contribution is 2.28. The van der Waals surface area contributed by atoms with Gasteiger partial charge in [-0.15, -0.1) is 0 Å². The maximum atomic E-state index is 11.7. The maximum absolute atomic E-state index is 11.7. The van der Waals surface area contributed by atoms with Gasteiger partial charge in [0.05, 0.1) is 11.6 Å². The number of hydrogen-bond donors (Lipinski definition) is 2. The van der Waals surface area contributed by atoms with Gasteiger partial charge in [-0.05, 0) is 40.0 Å². The van der Waals surface area contributed by atoms with Crippen molar-refractivity contribution in [3.63, 3.8) is 0 Å². The highest BCUT2D eigenvalue weighted by molar-refractivity contribution is 9.10. The molecule has 1 amide bonds. The van der Waals surface area contributed by atoms with Crippen molar-refractivity contribution in [2.75, 3.05) is 20.8 Å². The minimum Gasteiger partial charge on any atom is -0.496 e. The summed E-state index contributed by atoms with van der Waals surface area (Å²) in [6, 6.07) is 3.78. The first-order valence-electron chi connectivity index (χ1n) is 6.34. The molecular weight excluding hydrogens is 342 g/mol. The van der Waals surface area contributed by atoms with Gasteiger partial charge in [-0.2, -0.15) is 0 Å². The van der Waals surface area contributed by atoms with E-state index in [-0.39, 0.29) is 12.3 Å². The summed E-state index contributed by atoms with van der Waals surface area (Å²) in [5, 5.41) is 11.8. The molecular formula is C14H18BrNO5. The SMILES string of the molecule is COCCCC(=O)NC(C(=O)O)c1ccc(OC)c(Br)c1.